The van der Waals surface area contributed by atoms with Gasteiger partial charge >= 0.3 is 0 Å². The lowest BCUT2D eigenvalue weighted by Gasteiger charge is -2.09. The van der Waals surface area contributed by atoms with Crippen LogP contribution in [0.15, 0.2) is 34.8 Å². The Labute approximate surface area is 182 Å². The molecule has 0 radical (unpaired) electrons. The van der Waals surface area contributed by atoms with Gasteiger partial charge in [-0.25, -0.2) is 0 Å². The van der Waals surface area contributed by atoms with Crippen molar-refractivity contribution in [3.05, 3.63) is 44.6 Å². The number of nitrogens with zero attached hydrogens (tertiary/aromatic N) is 3. The van der Waals surface area contributed by atoms with Crippen LogP contribution in [0.2, 0.25) is 10.0 Å². The lowest BCUT2D eigenvalue weighted by atomic mass is 10.2. The molecule has 5 nitrogen and oxygen atoms in total. The fourth-order valence-electron chi connectivity index (χ4n) is 2.62. The number of carbonyl (C=O) groups excluding carboxylic acids is 1. The lowest BCUT2D eigenvalue weighted by Crippen LogP contribution is -2.15. The summed E-state index contributed by atoms with van der Waals surface area (Å²) in [5.74, 6) is 0.900. The molecule has 1 aromatic carbocycles. The Bertz CT molecular complexity index is 971. The highest BCUT2D eigenvalue weighted by Gasteiger charge is 2.16. The molecule has 0 saturated heterocycles. The third-order valence-electron chi connectivity index (χ3n) is 3.96. The predicted molar refractivity (Wildman–Crippen MR) is 119 cm³/mol. The van der Waals surface area contributed by atoms with E-state index in [1.165, 1.54) is 16.6 Å². The number of thioether (sulfide) groups is 1. The largest absolute Gasteiger partial charge is 0.324 e. The smallest absolute Gasteiger partial charge is 0.234 e. The van der Waals surface area contributed by atoms with Gasteiger partial charge in [0.2, 0.25) is 5.91 Å². The number of amides is 1. The van der Waals surface area contributed by atoms with Crippen molar-refractivity contribution in [3.63, 3.8) is 0 Å². The van der Waals surface area contributed by atoms with E-state index in [1.54, 1.807) is 29.5 Å². The molecule has 0 saturated carbocycles. The minimum atomic E-state index is -0.161. The van der Waals surface area contributed by atoms with Crippen molar-refractivity contribution >= 4 is 57.9 Å². The van der Waals surface area contributed by atoms with Crippen LogP contribution in [0.5, 0.6) is 0 Å². The molecule has 0 atom stereocenters. The first-order valence-electron chi connectivity index (χ1n) is 8.90. The first kappa shape index (κ1) is 21.2. The van der Waals surface area contributed by atoms with Gasteiger partial charge in [0.05, 0.1) is 16.5 Å². The topological polar surface area (TPSA) is 59.8 Å². The van der Waals surface area contributed by atoms with Gasteiger partial charge < -0.3 is 9.88 Å². The number of hydrogen-bond donors (Lipinski definition) is 1. The molecule has 3 aromatic rings. The van der Waals surface area contributed by atoms with E-state index < -0.39 is 0 Å². The van der Waals surface area contributed by atoms with E-state index in [0.29, 0.717) is 15.7 Å². The van der Waals surface area contributed by atoms with E-state index in [-0.39, 0.29) is 11.7 Å². The molecule has 28 heavy (non-hydrogen) atoms. The van der Waals surface area contributed by atoms with Gasteiger partial charge in [-0.3, -0.25) is 4.79 Å². The fraction of sp³-hybridized carbons (Fsp3) is 0.316. The number of hydrogen-bond acceptors (Lipinski definition) is 5. The minimum absolute atomic E-state index is 0.161. The van der Waals surface area contributed by atoms with Crippen LogP contribution in [0.1, 0.15) is 25.1 Å². The van der Waals surface area contributed by atoms with Gasteiger partial charge in [0.15, 0.2) is 11.0 Å². The maximum absolute atomic E-state index is 12.3. The molecular formula is C19H20Cl2N4OS2. The molecule has 0 aliphatic carbocycles. The first-order chi connectivity index (χ1) is 13.5. The summed E-state index contributed by atoms with van der Waals surface area (Å²) in [7, 11) is 0. The molecular weight excluding hydrogens is 435 g/mol. The van der Waals surface area contributed by atoms with E-state index in [0.717, 1.165) is 35.9 Å². The molecule has 9 heteroatoms. The van der Waals surface area contributed by atoms with Crippen molar-refractivity contribution in [1.29, 1.82) is 0 Å². The second-order valence-corrected chi connectivity index (χ2v) is 8.86. The molecule has 2 heterocycles. The molecule has 0 aliphatic heterocycles. The molecule has 0 bridgehead atoms. The molecule has 0 unspecified atom stereocenters. The number of rotatable bonds is 8. The third kappa shape index (κ3) is 5.08. The van der Waals surface area contributed by atoms with Crippen LogP contribution >= 0.6 is 46.3 Å². The number of nitrogens with one attached hydrogen (secondary N) is 1. The minimum Gasteiger partial charge on any atom is -0.324 e. The Morgan fingerprint density at radius 3 is 2.75 bits per heavy atom. The molecule has 1 amide bonds. The van der Waals surface area contributed by atoms with Crippen LogP contribution in [0.3, 0.4) is 0 Å². The van der Waals surface area contributed by atoms with Crippen LogP contribution in [-0.4, -0.2) is 26.4 Å². The standard InChI is InChI=1S/C19H20Cl2N4OS2/c1-3-7-25-18(12-8-14(4-2)27-10-12)23-24-19(25)28-11-17(26)22-16-6-5-13(20)9-15(16)21/h5-6,8-10H,3-4,7,11H2,1-2H3,(H,22,26). The van der Waals surface area contributed by atoms with Gasteiger partial charge in [0, 0.05) is 27.4 Å². The van der Waals surface area contributed by atoms with Crippen molar-refractivity contribution in [2.75, 3.05) is 11.1 Å². The lowest BCUT2D eigenvalue weighted by molar-refractivity contribution is -0.113. The normalized spacial score (nSPS) is 11.0. The highest BCUT2D eigenvalue weighted by Crippen LogP contribution is 2.29. The Kier molecular flexibility index (Phi) is 7.40. The summed E-state index contributed by atoms with van der Waals surface area (Å²) >= 11 is 15.1. The molecule has 0 spiro atoms. The van der Waals surface area contributed by atoms with Crippen molar-refractivity contribution in [3.8, 4) is 11.4 Å². The maximum Gasteiger partial charge on any atom is 0.234 e. The van der Waals surface area contributed by atoms with Crippen LogP contribution < -0.4 is 5.32 Å². The number of benzene rings is 1. The van der Waals surface area contributed by atoms with E-state index >= 15 is 0 Å². The molecule has 148 valence electrons. The second-order valence-electron chi connectivity index (χ2n) is 6.07. The number of anilines is 1. The highest BCUT2D eigenvalue weighted by molar-refractivity contribution is 7.99. The van der Waals surface area contributed by atoms with Crippen LogP contribution in [0.25, 0.3) is 11.4 Å². The summed E-state index contributed by atoms with van der Waals surface area (Å²) < 4.78 is 2.08. The van der Waals surface area contributed by atoms with Crippen LogP contribution in [0.4, 0.5) is 5.69 Å². The Morgan fingerprint density at radius 1 is 1.25 bits per heavy atom. The monoisotopic (exact) mass is 454 g/mol. The van der Waals surface area contributed by atoms with E-state index in [1.807, 2.05) is 0 Å². The van der Waals surface area contributed by atoms with E-state index in [4.69, 9.17) is 23.2 Å². The average molecular weight is 455 g/mol. The molecule has 0 aliphatic rings. The zero-order valence-electron chi connectivity index (χ0n) is 15.5. The Hall–Kier alpha value is -1.54. The van der Waals surface area contributed by atoms with Crippen LogP contribution in [0, 0.1) is 0 Å². The van der Waals surface area contributed by atoms with Gasteiger partial charge in [-0.2, -0.15) is 0 Å². The number of halogens is 2. The van der Waals surface area contributed by atoms with Crippen LogP contribution in [-0.2, 0) is 17.8 Å². The molecule has 0 fully saturated rings. The van der Waals surface area contributed by atoms with Crippen molar-refractivity contribution in [1.82, 2.24) is 14.8 Å². The van der Waals surface area contributed by atoms with E-state index in [9.17, 15) is 4.79 Å². The zero-order valence-corrected chi connectivity index (χ0v) is 18.7. The van der Waals surface area contributed by atoms with Gasteiger partial charge in [0.1, 0.15) is 0 Å². The van der Waals surface area contributed by atoms with Gasteiger partial charge in [-0.05, 0) is 37.1 Å². The highest BCUT2D eigenvalue weighted by atomic mass is 35.5. The fourth-order valence-corrected chi connectivity index (χ4v) is 4.66. The summed E-state index contributed by atoms with van der Waals surface area (Å²) in [5.41, 5.74) is 1.62. The molecule has 2 aromatic heterocycles. The van der Waals surface area contributed by atoms with Gasteiger partial charge in [-0.15, -0.1) is 21.5 Å². The van der Waals surface area contributed by atoms with Crippen molar-refractivity contribution in [2.45, 2.75) is 38.4 Å². The quantitative estimate of drug-likeness (QED) is 0.422. The predicted octanol–water partition coefficient (Wildman–Crippen LogP) is 6.02. The summed E-state index contributed by atoms with van der Waals surface area (Å²) in [4.78, 5) is 13.6. The summed E-state index contributed by atoms with van der Waals surface area (Å²) in [5, 5.41) is 15.3. The summed E-state index contributed by atoms with van der Waals surface area (Å²) in [6, 6.07) is 7.13. The Balaban J connectivity index is 1.70. The Morgan fingerprint density at radius 2 is 2.07 bits per heavy atom. The maximum atomic E-state index is 12.3. The van der Waals surface area contributed by atoms with Crippen molar-refractivity contribution in [2.24, 2.45) is 0 Å². The number of carbonyl (C=O) groups is 1. The molecule has 1 N–H and O–H groups in total. The van der Waals surface area contributed by atoms with Gasteiger partial charge in [0.25, 0.3) is 0 Å². The number of aromatic nitrogens is 3. The SMILES string of the molecule is CCCn1c(SCC(=O)Nc2ccc(Cl)cc2Cl)nnc1-c1csc(CC)c1. The zero-order chi connectivity index (χ0) is 20.1. The summed E-state index contributed by atoms with van der Waals surface area (Å²) in [6.45, 7) is 5.05. The average Bonchev–Trinajstić information content (AvgIpc) is 3.29. The first-order valence-corrected chi connectivity index (χ1v) is 11.5. The molecule has 3 rings (SSSR count). The van der Waals surface area contributed by atoms with E-state index in [2.05, 4.69) is 45.4 Å². The third-order valence-corrected chi connectivity index (χ3v) is 6.56. The second kappa shape index (κ2) is 9.78. The van der Waals surface area contributed by atoms with Gasteiger partial charge in [-0.1, -0.05) is 48.8 Å². The number of thiophene rings is 1. The van der Waals surface area contributed by atoms with Crippen molar-refractivity contribution < 1.29 is 4.79 Å². The summed E-state index contributed by atoms with van der Waals surface area (Å²) in [6.07, 6.45) is 1.96. The number of aryl methyl sites for hydroxylation is 1.